The highest BCUT2D eigenvalue weighted by Crippen LogP contribution is 2.35. The molecule has 0 aromatic heterocycles. The van der Waals surface area contributed by atoms with E-state index in [1.807, 2.05) is 12.1 Å². The molecule has 0 spiro atoms. The van der Waals surface area contributed by atoms with Crippen molar-refractivity contribution in [2.24, 2.45) is 0 Å². The van der Waals surface area contributed by atoms with Crippen molar-refractivity contribution in [1.29, 1.82) is 0 Å². The number of methoxy groups -OCH3 is 3. The molecule has 9 heteroatoms. The molecule has 0 saturated carbocycles. The van der Waals surface area contributed by atoms with Gasteiger partial charge in [0.15, 0.2) is 11.5 Å². The van der Waals surface area contributed by atoms with Gasteiger partial charge in [0.25, 0.3) is 0 Å². The minimum absolute atomic E-state index is 0.685. The van der Waals surface area contributed by atoms with E-state index in [0.29, 0.717) is 5.75 Å². The van der Waals surface area contributed by atoms with E-state index >= 15 is 0 Å². The lowest BCUT2D eigenvalue weighted by Crippen LogP contribution is -2.35. The van der Waals surface area contributed by atoms with Crippen molar-refractivity contribution in [3.63, 3.8) is 0 Å². The van der Waals surface area contributed by atoms with Crippen LogP contribution in [0.2, 0.25) is 0 Å². The van der Waals surface area contributed by atoms with Crippen LogP contribution in [0.3, 0.4) is 0 Å². The molecule has 1 heterocycles. The second-order valence-corrected chi connectivity index (χ2v) is 5.02. The molecule has 1 fully saturated rings. The molecule has 0 radical (unpaired) electrons. The fraction of sp³-hybridized carbons (Fsp3) is 0.500. The summed E-state index contributed by atoms with van der Waals surface area (Å²) < 4.78 is 21.4. The average Bonchev–Trinajstić information content (AvgIpc) is 2.62. The number of nitrogens with zero attached hydrogens (tertiary/aromatic N) is 1. The van der Waals surface area contributed by atoms with E-state index in [1.165, 1.54) is 0 Å². The van der Waals surface area contributed by atoms with Crippen molar-refractivity contribution < 1.29 is 38.7 Å². The van der Waals surface area contributed by atoms with Gasteiger partial charge in [0.05, 0.1) is 34.5 Å². The van der Waals surface area contributed by atoms with Gasteiger partial charge in [0.2, 0.25) is 0 Å². The third-order valence-corrected chi connectivity index (χ3v) is 3.47. The van der Waals surface area contributed by atoms with Crippen LogP contribution in [-0.2, 0) is 20.9 Å². The van der Waals surface area contributed by atoms with Gasteiger partial charge >= 0.3 is 11.9 Å². The maximum atomic E-state index is 9.10. The normalized spacial score (nSPS) is 14.0. The smallest absolute Gasteiger partial charge is 0.414 e. The number of carboxylic acids is 2. The summed E-state index contributed by atoms with van der Waals surface area (Å²) in [6.07, 6.45) is 0. The summed E-state index contributed by atoms with van der Waals surface area (Å²) in [5.41, 5.74) is 1.10. The molecule has 0 unspecified atom stereocenters. The number of carbonyl (C=O) groups is 2. The first-order valence-corrected chi connectivity index (χ1v) is 7.48. The molecule has 0 aliphatic carbocycles. The van der Waals surface area contributed by atoms with Gasteiger partial charge in [-0.3, -0.25) is 4.90 Å². The Bertz CT molecular complexity index is 572. The molecule has 140 valence electrons. The van der Waals surface area contributed by atoms with Crippen molar-refractivity contribution in [1.82, 2.24) is 4.90 Å². The van der Waals surface area contributed by atoms with Crippen molar-refractivity contribution in [2.45, 2.75) is 6.54 Å². The Morgan fingerprint density at radius 3 is 1.88 bits per heavy atom. The third-order valence-electron chi connectivity index (χ3n) is 3.47. The maximum absolute atomic E-state index is 9.10. The molecule has 9 nitrogen and oxygen atoms in total. The van der Waals surface area contributed by atoms with Crippen LogP contribution in [-0.4, -0.2) is 74.7 Å². The Morgan fingerprint density at radius 2 is 1.44 bits per heavy atom. The van der Waals surface area contributed by atoms with Gasteiger partial charge in [-0.1, -0.05) is 0 Å². The zero-order valence-electron chi connectivity index (χ0n) is 14.5. The fourth-order valence-corrected chi connectivity index (χ4v) is 2.22. The van der Waals surface area contributed by atoms with Crippen molar-refractivity contribution in [3.05, 3.63) is 17.7 Å². The van der Waals surface area contributed by atoms with Gasteiger partial charge in [0, 0.05) is 31.3 Å². The zero-order valence-corrected chi connectivity index (χ0v) is 14.5. The summed E-state index contributed by atoms with van der Waals surface area (Å²) in [5.74, 6) is -1.41. The number of carboxylic acid groups (broad SMARTS) is 2. The van der Waals surface area contributed by atoms with Crippen LogP contribution >= 0.6 is 0 Å². The van der Waals surface area contributed by atoms with Crippen LogP contribution in [0, 0.1) is 0 Å². The molecule has 1 saturated heterocycles. The summed E-state index contributed by atoms with van der Waals surface area (Å²) in [7, 11) is 4.94. The summed E-state index contributed by atoms with van der Waals surface area (Å²) in [6, 6.07) is 3.85. The highest BCUT2D eigenvalue weighted by molar-refractivity contribution is 6.27. The van der Waals surface area contributed by atoms with Crippen LogP contribution in [0.15, 0.2) is 12.1 Å². The van der Waals surface area contributed by atoms with Gasteiger partial charge in [-0.05, 0) is 6.07 Å². The molecular weight excluding hydrogens is 334 g/mol. The summed E-state index contributed by atoms with van der Waals surface area (Å²) in [6.45, 7) is 4.28. The molecular formula is C16H23NO8. The predicted molar refractivity (Wildman–Crippen MR) is 87.5 cm³/mol. The van der Waals surface area contributed by atoms with E-state index in [4.69, 9.17) is 38.7 Å². The SMILES string of the molecule is COc1cc(OC)c(OC)cc1CN1CCOCC1.O=C(O)C(=O)O. The van der Waals surface area contributed by atoms with Gasteiger partial charge in [-0.25, -0.2) is 9.59 Å². The van der Waals surface area contributed by atoms with Crippen molar-refractivity contribution in [3.8, 4) is 17.2 Å². The molecule has 0 amide bonds. The number of hydrogen-bond donors (Lipinski definition) is 2. The van der Waals surface area contributed by atoms with Crippen LogP contribution in [0.5, 0.6) is 17.2 Å². The Balaban J connectivity index is 0.000000450. The lowest BCUT2D eigenvalue weighted by Gasteiger charge is -2.27. The van der Waals surface area contributed by atoms with E-state index in [-0.39, 0.29) is 0 Å². The number of hydrogen-bond acceptors (Lipinski definition) is 7. The Kier molecular flexibility index (Phi) is 8.51. The van der Waals surface area contributed by atoms with E-state index in [9.17, 15) is 0 Å². The summed E-state index contributed by atoms with van der Waals surface area (Å²) >= 11 is 0. The number of morpholine rings is 1. The topological polar surface area (TPSA) is 115 Å². The third kappa shape index (κ3) is 6.48. The summed E-state index contributed by atoms with van der Waals surface area (Å²) in [4.78, 5) is 20.5. The second kappa shape index (κ2) is 10.4. The van der Waals surface area contributed by atoms with Gasteiger partial charge in [0.1, 0.15) is 5.75 Å². The fourth-order valence-electron chi connectivity index (χ4n) is 2.22. The van der Waals surface area contributed by atoms with Crippen LogP contribution in [0.4, 0.5) is 0 Å². The number of aliphatic carboxylic acids is 2. The molecule has 0 bridgehead atoms. The highest BCUT2D eigenvalue weighted by Gasteiger charge is 2.16. The molecule has 0 atom stereocenters. The molecule has 1 aliphatic rings. The van der Waals surface area contributed by atoms with Crippen LogP contribution in [0.25, 0.3) is 0 Å². The monoisotopic (exact) mass is 357 g/mol. The number of ether oxygens (including phenoxy) is 4. The second-order valence-electron chi connectivity index (χ2n) is 5.02. The molecule has 1 aromatic carbocycles. The van der Waals surface area contributed by atoms with E-state index in [0.717, 1.165) is 49.9 Å². The van der Waals surface area contributed by atoms with E-state index in [2.05, 4.69) is 4.90 Å². The Morgan fingerprint density at radius 1 is 0.960 bits per heavy atom. The predicted octanol–water partition coefficient (Wildman–Crippen LogP) is 0.700. The molecule has 1 aliphatic heterocycles. The summed E-state index contributed by atoms with van der Waals surface area (Å²) in [5, 5.41) is 14.8. The molecule has 25 heavy (non-hydrogen) atoms. The van der Waals surface area contributed by atoms with Gasteiger partial charge in [-0.2, -0.15) is 0 Å². The van der Waals surface area contributed by atoms with Crippen molar-refractivity contribution in [2.75, 3.05) is 47.6 Å². The number of rotatable bonds is 5. The molecule has 2 rings (SSSR count). The minimum Gasteiger partial charge on any atom is -0.496 e. The Hall–Kier alpha value is -2.52. The largest absolute Gasteiger partial charge is 0.496 e. The maximum Gasteiger partial charge on any atom is 0.414 e. The first-order chi connectivity index (χ1) is 11.9. The zero-order chi connectivity index (χ0) is 18.8. The quantitative estimate of drug-likeness (QED) is 0.735. The standard InChI is InChI=1S/C14H21NO4.C2H2O4/c1-16-12-9-14(18-3)13(17-2)8-11(12)10-15-4-6-19-7-5-15;3-1(4)2(5)6/h8-9H,4-7,10H2,1-3H3;(H,3,4)(H,5,6). The van der Waals surface area contributed by atoms with Crippen LogP contribution < -0.4 is 14.2 Å². The van der Waals surface area contributed by atoms with Gasteiger partial charge in [-0.15, -0.1) is 0 Å². The lowest BCUT2D eigenvalue weighted by molar-refractivity contribution is -0.159. The Labute approximate surface area is 145 Å². The molecule has 1 aromatic rings. The average molecular weight is 357 g/mol. The molecule has 2 N–H and O–H groups in total. The first-order valence-electron chi connectivity index (χ1n) is 7.48. The van der Waals surface area contributed by atoms with Crippen molar-refractivity contribution >= 4 is 11.9 Å². The lowest BCUT2D eigenvalue weighted by atomic mass is 10.1. The first kappa shape index (κ1) is 20.5. The number of benzene rings is 1. The van der Waals surface area contributed by atoms with E-state index in [1.54, 1.807) is 21.3 Å². The highest BCUT2D eigenvalue weighted by atomic mass is 16.5. The van der Waals surface area contributed by atoms with E-state index < -0.39 is 11.9 Å². The van der Waals surface area contributed by atoms with Crippen LogP contribution in [0.1, 0.15) is 5.56 Å². The van der Waals surface area contributed by atoms with Gasteiger partial charge < -0.3 is 29.2 Å². The minimum atomic E-state index is -1.82.